The minimum Gasteiger partial charge on any atom is -0.455 e. The van der Waals surface area contributed by atoms with Gasteiger partial charge in [0.05, 0.1) is 21.6 Å². The number of piperazine rings is 1. The van der Waals surface area contributed by atoms with Gasteiger partial charge < -0.3 is 24.8 Å². The fraction of sp³-hybridized carbons (Fsp3) is 0.364. The van der Waals surface area contributed by atoms with Crippen molar-refractivity contribution >= 4 is 61.2 Å². The van der Waals surface area contributed by atoms with Gasteiger partial charge >= 0.3 is 0 Å². The molecule has 8 rings (SSSR count). The Morgan fingerprint density at radius 2 is 1.83 bits per heavy atom. The third-order valence-electron chi connectivity index (χ3n) is 11.7. The number of likely N-dealkylation sites (N-methyl/N-ethyl adjacent to an activating group) is 1. The molecular formula is C44H49ClN8O6S. The average Bonchev–Trinajstić information content (AvgIpc) is 3.84. The van der Waals surface area contributed by atoms with Crippen LogP contribution in [0.4, 0.5) is 17.1 Å². The van der Waals surface area contributed by atoms with Gasteiger partial charge in [-0.1, -0.05) is 43.2 Å². The van der Waals surface area contributed by atoms with Gasteiger partial charge in [-0.15, -0.1) is 0 Å². The Balaban J connectivity index is 1.03. The second-order valence-electron chi connectivity index (χ2n) is 17.0. The number of hydrogen-bond donors (Lipinski definition) is 3. The molecule has 0 radical (unpaired) electrons. The van der Waals surface area contributed by atoms with Gasteiger partial charge in [-0.3, -0.25) is 19.8 Å². The number of rotatable bonds is 12. The summed E-state index contributed by atoms with van der Waals surface area (Å²) in [6, 6.07) is 19.1. The van der Waals surface area contributed by atoms with Gasteiger partial charge in [0, 0.05) is 79.7 Å². The molecule has 1 fully saturated rings. The number of nitro groups is 1. The van der Waals surface area contributed by atoms with E-state index in [1.165, 1.54) is 29.0 Å². The summed E-state index contributed by atoms with van der Waals surface area (Å²) < 4.78 is 36.1. The number of anilines is 2. The van der Waals surface area contributed by atoms with E-state index in [-0.39, 0.29) is 39.0 Å². The molecule has 60 heavy (non-hydrogen) atoms. The Hall–Kier alpha value is -5.48. The minimum absolute atomic E-state index is 0.0274. The molecule has 14 nitrogen and oxygen atoms in total. The second-order valence-corrected chi connectivity index (χ2v) is 19.2. The number of ether oxygens (including phenoxy) is 1. The zero-order valence-electron chi connectivity index (χ0n) is 34.1. The number of benzene rings is 3. The Morgan fingerprint density at radius 1 is 1.07 bits per heavy atom. The van der Waals surface area contributed by atoms with E-state index in [1.54, 1.807) is 30.5 Å². The molecule has 3 aromatic carbocycles. The lowest BCUT2D eigenvalue weighted by Crippen LogP contribution is -2.47. The number of pyridine rings is 1. The molecular weight excluding hydrogens is 804 g/mol. The van der Waals surface area contributed by atoms with Crippen molar-refractivity contribution in [1.82, 2.24) is 24.5 Å². The molecule has 0 spiro atoms. The highest BCUT2D eigenvalue weighted by Crippen LogP contribution is 2.44. The smallest absolute Gasteiger partial charge is 0.293 e. The molecule has 0 saturated carbocycles. The SMILES string of the molecule is CN(C)C[C@@H]1Cc2cc(S(=O)(=O)NC(=O)c3ccc(N4CCN(CC5=C(c6ccc(Cl)cc6)CC(C)(C)CC5)CC4)cc3Oc3cnc4[nH]ccc4c3)cc([N+](=O)[O-])c2N1. The summed E-state index contributed by atoms with van der Waals surface area (Å²) in [5, 5.41) is 16.8. The topological polar surface area (TPSA) is 166 Å². The van der Waals surface area contributed by atoms with Gasteiger partial charge in [0.25, 0.3) is 21.6 Å². The van der Waals surface area contributed by atoms with E-state index in [9.17, 15) is 23.3 Å². The van der Waals surface area contributed by atoms with Gasteiger partial charge in [0.2, 0.25) is 0 Å². The molecule has 0 unspecified atom stereocenters. The maximum Gasteiger partial charge on any atom is 0.293 e. The predicted octanol–water partition coefficient (Wildman–Crippen LogP) is 7.72. The predicted molar refractivity (Wildman–Crippen MR) is 235 cm³/mol. The van der Waals surface area contributed by atoms with Crippen LogP contribution in [0.3, 0.4) is 0 Å². The van der Waals surface area contributed by atoms with Gasteiger partial charge in [-0.25, -0.2) is 18.1 Å². The maximum absolute atomic E-state index is 14.0. The zero-order chi connectivity index (χ0) is 42.3. The number of aromatic amines is 1. The van der Waals surface area contributed by atoms with Crippen LogP contribution < -0.4 is 19.7 Å². The molecule has 1 aliphatic carbocycles. The van der Waals surface area contributed by atoms with E-state index in [1.807, 2.05) is 37.2 Å². The van der Waals surface area contributed by atoms with E-state index >= 15 is 0 Å². The number of aromatic nitrogens is 2. The Morgan fingerprint density at radius 3 is 2.57 bits per heavy atom. The molecule has 0 bridgehead atoms. The van der Waals surface area contributed by atoms with E-state index in [4.69, 9.17) is 16.3 Å². The summed E-state index contributed by atoms with van der Waals surface area (Å²) in [5.41, 5.74) is 6.20. The van der Waals surface area contributed by atoms with E-state index in [2.05, 4.69) is 55.8 Å². The molecule has 3 aliphatic rings. The van der Waals surface area contributed by atoms with Crippen LogP contribution in [0.15, 0.2) is 89.6 Å². The summed E-state index contributed by atoms with van der Waals surface area (Å²) in [6.07, 6.45) is 6.88. The summed E-state index contributed by atoms with van der Waals surface area (Å²) in [4.78, 5) is 39.2. The van der Waals surface area contributed by atoms with Crippen molar-refractivity contribution in [3.8, 4) is 11.5 Å². The van der Waals surface area contributed by atoms with Crippen LogP contribution in [-0.2, 0) is 16.4 Å². The number of amides is 1. The van der Waals surface area contributed by atoms with Crippen molar-refractivity contribution < 1.29 is 22.9 Å². The normalized spacial score (nSPS) is 18.1. The number of allylic oxidation sites excluding steroid dienone is 1. The lowest BCUT2D eigenvalue weighted by atomic mass is 9.72. The lowest BCUT2D eigenvalue weighted by Gasteiger charge is -2.39. The van der Waals surface area contributed by atoms with Crippen molar-refractivity contribution in [3.63, 3.8) is 0 Å². The first-order valence-corrected chi connectivity index (χ1v) is 22.0. The number of H-pyrrole nitrogens is 1. The van der Waals surface area contributed by atoms with Crippen molar-refractivity contribution in [2.75, 3.05) is 63.6 Å². The fourth-order valence-electron chi connectivity index (χ4n) is 8.57. The molecule has 4 heterocycles. The van der Waals surface area contributed by atoms with Crippen molar-refractivity contribution in [2.24, 2.45) is 5.41 Å². The number of sulfonamides is 1. The van der Waals surface area contributed by atoms with Crippen molar-refractivity contribution in [2.45, 2.75) is 50.5 Å². The van der Waals surface area contributed by atoms with Crippen LogP contribution >= 0.6 is 11.6 Å². The zero-order valence-corrected chi connectivity index (χ0v) is 35.7. The Labute approximate surface area is 354 Å². The third kappa shape index (κ3) is 8.99. The molecule has 1 atom stereocenters. The maximum atomic E-state index is 14.0. The van der Waals surface area contributed by atoms with Crippen molar-refractivity contribution in [3.05, 3.63) is 117 Å². The highest BCUT2D eigenvalue weighted by atomic mass is 35.5. The molecule has 2 aromatic heterocycles. The van der Waals surface area contributed by atoms with E-state index in [0.717, 1.165) is 74.1 Å². The summed E-state index contributed by atoms with van der Waals surface area (Å²) in [6.45, 7) is 9.25. The second kappa shape index (κ2) is 16.5. The largest absolute Gasteiger partial charge is 0.455 e. The number of nitrogens with one attached hydrogen (secondary N) is 3. The number of halogens is 1. The highest BCUT2D eigenvalue weighted by Gasteiger charge is 2.34. The number of hydrogen-bond acceptors (Lipinski definition) is 11. The molecule has 5 aromatic rings. The lowest BCUT2D eigenvalue weighted by molar-refractivity contribution is -0.384. The van der Waals surface area contributed by atoms with Crippen LogP contribution in [-0.4, -0.2) is 98.4 Å². The molecule has 1 amide bonds. The molecule has 314 valence electrons. The average molecular weight is 853 g/mol. The van der Waals surface area contributed by atoms with E-state index < -0.39 is 20.9 Å². The summed E-state index contributed by atoms with van der Waals surface area (Å²) in [5.74, 6) is -0.447. The third-order valence-corrected chi connectivity index (χ3v) is 13.2. The quantitative estimate of drug-likeness (QED) is 0.0831. The molecule has 3 N–H and O–H groups in total. The number of nitro benzene ring substituents is 1. The van der Waals surface area contributed by atoms with Gasteiger partial charge in [-0.05, 0) is 104 Å². The molecule has 16 heteroatoms. The summed E-state index contributed by atoms with van der Waals surface area (Å²) >= 11 is 6.24. The van der Waals surface area contributed by atoms with Crippen molar-refractivity contribution in [1.29, 1.82) is 0 Å². The van der Waals surface area contributed by atoms with Crippen LogP contribution in [0.1, 0.15) is 54.6 Å². The first-order valence-electron chi connectivity index (χ1n) is 20.1. The molecule has 2 aliphatic heterocycles. The number of carbonyl (C=O) groups is 1. The Bertz CT molecular complexity index is 2600. The van der Waals surface area contributed by atoms with Crippen LogP contribution in [0.2, 0.25) is 5.02 Å². The fourth-order valence-corrected chi connectivity index (χ4v) is 9.73. The number of carbonyl (C=O) groups excluding carboxylic acids is 1. The van der Waals surface area contributed by atoms with Crippen LogP contribution in [0.5, 0.6) is 11.5 Å². The monoisotopic (exact) mass is 852 g/mol. The van der Waals surface area contributed by atoms with Gasteiger partial charge in [-0.2, -0.15) is 0 Å². The molecule has 1 saturated heterocycles. The number of nitrogens with zero attached hydrogens (tertiary/aromatic N) is 5. The first-order chi connectivity index (χ1) is 28.6. The van der Waals surface area contributed by atoms with Gasteiger partial charge in [0.15, 0.2) is 0 Å². The van der Waals surface area contributed by atoms with Crippen LogP contribution in [0, 0.1) is 15.5 Å². The van der Waals surface area contributed by atoms with Crippen LogP contribution in [0.25, 0.3) is 16.6 Å². The Kier molecular flexibility index (Phi) is 11.4. The van der Waals surface area contributed by atoms with E-state index in [0.29, 0.717) is 29.9 Å². The standard InChI is InChI=1S/C44H49ClN8O6S/c1-44(2)13-11-30(38(24-44)28-5-7-32(45)8-6-28)26-51-15-17-52(18-16-51)34-9-10-37(40(22-34)59-35-20-29-12-14-46-42(29)47-25-35)43(54)49-60(57,58)36-21-31-19-33(27-50(3)4)48-41(31)39(23-36)53(55)56/h5-10,12,14,20-23,25,33,48H,11,13,15-19,24,26-27H2,1-4H3,(H,46,47)(H,49,54)/t33-/m0/s1. The minimum atomic E-state index is -4.56. The number of fused-ring (bicyclic) bond motifs is 2. The van der Waals surface area contributed by atoms with Gasteiger partial charge in [0.1, 0.15) is 22.8 Å². The first kappa shape index (κ1) is 41.3. The summed E-state index contributed by atoms with van der Waals surface area (Å²) in [7, 11) is -0.777. The highest BCUT2D eigenvalue weighted by molar-refractivity contribution is 7.90.